The zero-order valence-corrected chi connectivity index (χ0v) is 15.9. The fourth-order valence-electron chi connectivity index (χ4n) is 2.23. The Morgan fingerprint density at radius 1 is 1.00 bits per heavy atom. The maximum absolute atomic E-state index is 6.26. The summed E-state index contributed by atoms with van der Waals surface area (Å²) in [7, 11) is 0. The van der Waals surface area contributed by atoms with E-state index in [4.69, 9.17) is 9.47 Å². The topological polar surface area (TPSA) is 18.5 Å². The molecule has 0 bridgehead atoms. The molecule has 23 heavy (non-hydrogen) atoms. The van der Waals surface area contributed by atoms with E-state index in [1.165, 1.54) is 19.3 Å². The van der Waals surface area contributed by atoms with Crippen molar-refractivity contribution in [2.24, 2.45) is 5.41 Å². The van der Waals surface area contributed by atoms with E-state index < -0.39 is 5.79 Å². The minimum absolute atomic E-state index is 0.120. The fourth-order valence-corrected chi connectivity index (χ4v) is 2.23. The van der Waals surface area contributed by atoms with Crippen molar-refractivity contribution in [3.8, 4) is 5.75 Å². The largest absolute Gasteiger partial charge is 0.462 e. The molecule has 130 valence electrons. The SMILES string of the molecule is C=C(C)c1ccc(OC(C)(OCCCCCC)C(C)(C)C)cc1. The second-order valence-corrected chi connectivity index (χ2v) is 7.51. The van der Waals surface area contributed by atoms with Crippen LogP contribution in [0.2, 0.25) is 0 Å². The summed E-state index contributed by atoms with van der Waals surface area (Å²) in [6.45, 7) is 17.4. The Labute approximate surface area is 142 Å². The monoisotopic (exact) mass is 318 g/mol. The first-order chi connectivity index (χ1) is 10.7. The van der Waals surface area contributed by atoms with Crippen LogP contribution in [-0.4, -0.2) is 12.4 Å². The van der Waals surface area contributed by atoms with Crippen LogP contribution in [0.3, 0.4) is 0 Å². The van der Waals surface area contributed by atoms with E-state index in [-0.39, 0.29) is 5.41 Å². The average molecular weight is 319 g/mol. The smallest absolute Gasteiger partial charge is 0.212 e. The first-order valence-electron chi connectivity index (χ1n) is 8.78. The minimum Gasteiger partial charge on any atom is -0.462 e. The van der Waals surface area contributed by atoms with Gasteiger partial charge in [-0.15, -0.1) is 0 Å². The predicted octanol–water partition coefficient (Wildman–Crippen LogP) is 6.46. The van der Waals surface area contributed by atoms with E-state index >= 15 is 0 Å². The van der Waals surface area contributed by atoms with Crippen LogP contribution in [0.25, 0.3) is 5.57 Å². The Morgan fingerprint density at radius 3 is 2.09 bits per heavy atom. The Morgan fingerprint density at radius 2 is 1.61 bits per heavy atom. The normalized spacial score (nSPS) is 14.3. The highest BCUT2D eigenvalue weighted by molar-refractivity contribution is 5.61. The van der Waals surface area contributed by atoms with Gasteiger partial charge in [-0.3, -0.25) is 0 Å². The highest BCUT2D eigenvalue weighted by atomic mass is 16.7. The van der Waals surface area contributed by atoms with Crippen molar-refractivity contribution in [2.45, 2.75) is 73.0 Å². The van der Waals surface area contributed by atoms with Crippen molar-refractivity contribution < 1.29 is 9.47 Å². The van der Waals surface area contributed by atoms with Crippen LogP contribution in [0.5, 0.6) is 5.75 Å². The van der Waals surface area contributed by atoms with Crippen LogP contribution >= 0.6 is 0 Å². The van der Waals surface area contributed by atoms with Gasteiger partial charge in [0.2, 0.25) is 5.79 Å². The molecule has 1 unspecified atom stereocenters. The number of ether oxygens (including phenoxy) is 2. The third kappa shape index (κ3) is 6.02. The summed E-state index contributed by atoms with van der Waals surface area (Å²) in [5.74, 6) is 0.185. The minimum atomic E-state index is -0.649. The van der Waals surface area contributed by atoms with E-state index in [9.17, 15) is 0 Å². The molecule has 2 heteroatoms. The summed E-state index contributed by atoms with van der Waals surface area (Å²) >= 11 is 0. The van der Waals surface area contributed by atoms with Gasteiger partial charge in [-0.1, -0.05) is 71.2 Å². The number of hydrogen-bond acceptors (Lipinski definition) is 2. The van der Waals surface area contributed by atoms with Crippen LogP contribution in [0.1, 0.15) is 72.8 Å². The van der Waals surface area contributed by atoms with Gasteiger partial charge in [0.1, 0.15) is 5.75 Å². The van der Waals surface area contributed by atoms with Gasteiger partial charge in [-0.05, 0) is 31.0 Å². The summed E-state index contributed by atoms with van der Waals surface area (Å²) in [4.78, 5) is 0. The van der Waals surface area contributed by atoms with Gasteiger partial charge in [0.25, 0.3) is 0 Å². The molecular weight excluding hydrogens is 284 g/mol. The lowest BCUT2D eigenvalue weighted by atomic mass is 9.86. The van der Waals surface area contributed by atoms with E-state index in [0.717, 1.165) is 29.9 Å². The molecule has 0 N–H and O–H groups in total. The van der Waals surface area contributed by atoms with Gasteiger partial charge in [-0.2, -0.15) is 0 Å². The molecule has 0 heterocycles. The number of rotatable bonds is 9. The van der Waals surface area contributed by atoms with Crippen molar-refractivity contribution in [1.82, 2.24) is 0 Å². The number of allylic oxidation sites excluding steroid dienone is 1. The second kappa shape index (κ2) is 8.54. The molecule has 1 atom stereocenters. The van der Waals surface area contributed by atoms with Crippen LogP contribution in [0.4, 0.5) is 0 Å². The third-order valence-electron chi connectivity index (χ3n) is 4.40. The molecule has 1 rings (SSSR count). The zero-order chi connectivity index (χ0) is 17.5. The molecular formula is C21H34O2. The lowest BCUT2D eigenvalue weighted by Crippen LogP contribution is -2.48. The maximum Gasteiger partial charge on any atom is 0.212 e. The van der Waals surface area contributed by atoms with E-state index in [2.05, 4.69) is 34.3 Å². The summed E-state index contributed by atoms with van der Waals surface area (Å²) < 4.78 is 12.4. The molecule has 0 aromatic heterocycles. The molecule has 0 fully saturated rings. The van der Waals surface area contributed by atoms with Crippen molar-refractivity contribution in [1.29, 1.82) is 0 Å². The van der Waals surface area contributed by atoms with Crippen LogP contribution in [-0.2, 0) is 4.74 Å². The zero-order valence-electron chi connectivity index (χ0n) is 15.9. The van der Waals surface area contributed by atoms with Gasteiger partial charge in [0.05, 0.1) is 6.61 Å². The highest BCUT2D eigenvalue weighted by Gasteiger charge is 2.41. The quantitative estimate of drug-likeness (QED) is 0.384. The molecule has 0 aliphatic rings. The summed E-state index contributed by atoms with van der Waals surface area (Å²) in [5, 5.41) is 0. The van der Waals surface area contributed by atoms with Gasteiger partial charge < -0.3 is 9.47 Å². The first kappa shape index (κ1) is 19.8. The van der Waals surface area contributed by atoms with Crippen LogP contribution in [0.15, 0.2) is 30.8 Å². The molecule has 0 aliphatic heterocycles. The van der Waals surface area contributed by atoms with E-state index in [0.29, 0.717) is 0 Å². The Bertz CT molecular complexity index is 482. The summed E-state index contributed by atoms with van der Waals surface area (Å²) in [5.41, 5.74) is 2.07. The molecule has 0 saturated carbocycles. The maximum atomic E-state index is 6.26. The third-order valence-corrected chi connectivity index (χ3v) is 4.40. The fraction of sp³-hybridized carbons (Fsp3) is 0.619. The van der Waals surface area contributed by atoms with Crippen molar-refractivity contribution in [3.63, 3.8) is 0 Å². The van der Waals surface area contributed by atoms with Gasteiger partial charge in [0, 0.05) is 12.3 Å². The molecule has 1 aromatic rings. The van der Waals surface area contributed by atoms with Gasteiger partial charge in [-0.25, -0.2) is 0 Å². The van der Waals surface area contributed by atoms with Crippen molar-refractivity contribution in [3.05, 3.63) is 36.4 Å². The highest BCUT2D eigenvalue weighted by Crippen LogP contribution is 2.36. The number of unbranched alkanes of at least 4 members (excludes halogenated alkanes) is 3. The lowest BCUT2D eigenvalue weighted by molar-refractivity contribution is -0.230. The second-order valence-electron chi connectivity index (χ2n) is 7.51. The number of hydrogen-bond donors (Lipinski definition) is 0. The molecule has 0 saturated heterocycles. The van der Waals surface area contributed by atoms with Gasteiger partial charge in [0.15, 0.2) is 0 Å². The Balaban J connectivity index is 2.75. The van der Waals surface area contributed by atoms with Gasteiger partial charge >= 0.3 is 0 Å². The molecule has 0 aliphatic carbocycles. The standard InChI is InChI=1S/C21H34O2/c1-8-9-10-11-16-22-21(7,20(4,5)6)23-19-14-12-18(13-15-19)17(2)3/h12-15H,2,8-11,16H2,1,3-7H3. The first-order valence-corrected chi connectivity index (χ1v) is 8.78. The van der Waals surface area contributed by atoms with E-state index in [1.54, 1.807) is 0 Å². The Hall–Kier alpha value is -1.28. The molecule has 1 aromatic carbocycles. The molecule has 2 nitrogen and oxygen atoms in total. The van der Waals surface area contributed by atoms with Crippen LogP contribution in [0, 0.1) is 5.41 Å². The molecule has 0 amide bonds. The van der Waals surface area contributed by atoms with Crippen molar-refractivity contribution in [2.75, 3.05) is 6.61 Å². The lowest BCUT2D eigenvalue weighted by Gasteiger charge is -2.41. The summed E-state index contributed by atoms with van der Waals surface area (Å²) in [6, 6.07) is 8.08. The molecule has 0 spiro atoms. The Kier molecular flexibility index (Phi) is 7.34. The van der Waals surface area contributed by atoms with Crippen molar-refractivity contribution >= 4 is 5.57 Å². The van der Waals surface area contributed by atoms with Crippen LogP contribution < -0.4 is 4.74 Å². The number of benzene rings is 1. The molecule has 0 radical (unpaired) electrons. The average Bonchev–Trinajstić information content (AvgIpc) is 2.46. The predicted molar refractivity (Wildman–Crippen MR) is 99.7 cm³/mol. The van der Waals surface area contributed by atoms with E-state index in [1.807, 2.05) is 38.1 Å². The summed E-state index contributed by atoms with van der Waals surface area (Å²) in [6.07, 6.45) is 4.79.